The number of hydrogen-bond donors (Lipinski definition) is 2. The second-order valence-electron chi connectivity index (χ2n) is 6.45. The number of benzene rings is 2. The fraction of sp³-hybridized carbons (Fsp3) is 0.143. The van der Waals surface area contributed by atoms with Crippen LogP contribution in [0.2, 0.25) is 0 Å². The Balaban J connectivity index is 1.78. The lowest BCUT2D eigenvalue weighted by molar-refractivity contribution is -0.274. The average Bonchev–Trinajstić information content (AvgIpc) is 2.78. The lowest BCUT2D eigenvalue weighted by atomic mass is 10.2. The average molecular weight is 462 g/mol. The molecule has 1 atom stereocenters. The highest BCUT2D eigenvalue weighted by atomic mass is 19.4. The molecule has 0 bridgehead atoms. The minimum Gasteiger partial charge on any atom is -0.465 e. The molecule has 2 aromatic carbocycles. The predicted octanol–water partition coefficient (Wildman–Crippen LogP) is 2.84. The minimum atomic E-state index is -4.78. The third-order valence-electron chi connectivity index (χ3n) is 4.02. The Hall–Kier alpha value is -4.19. The number of nitrogens with two attached hydrogens (primary N) is 2. The Morgan fingerprint density at radius 3 is 2.09 bits per heavy atom. The van der Waals surface area contributed by atoms with Crippen LogP contribution in [0.5, 0.6) is 23.1 Å². The fourth-order valence-electron chi connectivity index (χ4n) is 2.54. The zero-order valence-corrected chi connectivity index (χ0v) is 16.8. The molecule has 0 fully saturated rings. The number of aldehydes is 1. The minimum absolute atomic E-state index is 0.0576. The van der Waals surface area contributed by atoms with E-state index in [0.29, 0.717) is 17.6 Å². The molecule has 33 heavy (non-hydrogen) atoms. The van der Waals surface area contributed by atoms with E-state index in [4.69, 9.17) is 20.9 Å². The first kappa shape index (κ1) is 23.5. The van der Waals surface area contributed by atoms with Crippen LogP contribution >= 0.6 is 0 Å². The van der Waals surface area contributed by atoms with E-state index >= 15 is 0 Å². The standard InChI is InChI=1S/C21H17F3N4O5/c22-21(23,24)33-15-7-5-14(6-8-15)31-13-3-1-12(2-4-13)20-27-17(19(26)30)9-18(28-20)32-16(10-25)11-29/h1-9,11,16H,10,25H2,(H2,26,30). The molecular weight excluding hydrogens is 445 g/mol. The number of amides is 1. The summed E-state index contributed by atoms with van der Waals surface area (Å²) in [4.78, 5) is 30.8. The van der Waals surface area contributed by atoms with Crippen LogP contribution in [0.3, 0.4) is 0 Å². The van der Waals surface area contributed by atoms with Crippen LogP contribution in [-0.2, 0) is 4.79 Å². The van der Waals surface area contributed by atoms with Crippen LogP contribution < -0.4 is 25.7 Å². The second-order valence-corrected chi connectivity index (χ2v) is 6.45. The monoisotopic (exact) mass is 462 g/mol. The second kappa shape index (κ2) is 9.96. The number of hydrogen-bond acceptors (Lipinski definition) is 8. The third kappa shape index (κ3) is 6.64. The molecule has 1 aromatic heterocycles. The highest BCUT2D eigenvalue weighted by Crippen LogP contribution is 2.29. The quantitative estimate of drug-likeness (QED) is 0.463. The topological polar surface area (TPSA) is 140 Å². The Bertz CT molecular complexity index is 1120. The highest BCUT2D eigenvalue weighted by molar-refractivity contribution is 5.91. The van der Waals surface area contributed by atoms with E-state index in [0.717, 1.165) is 12.1 Å². The van der Waals surface area contributed by atoms with Crippen molar-refractivity contribution in [3.8, 4) is 34.5 Å². The van der Waals surface area contributed by atoms with Gasteiger partial charge in [-0.05, 0) is 48.5 Å². The van der Waals surface area contributed by atoms with Crippen LogP contribution in [0.4, 0.5) is 13.2 Å². The molecule has 0 aliphatic carbocycles. The summed E-state index contributed by atoms with van der Waals surface area (Å²) in [6, 6.07) is 12.4. The van der Waals surface area contributed by atoms with Gasteiger partial charge in [-0.25, -0.2) is 4.98 Å². The van der Waals surface area contributed by atoms with Gasteiger partial charge in [0.2, 0.25) is 5.88 Å². The number of nitrogens with zero attached hydrogens (tertiary/aromatic N) is 2. The van der Waals surface area contributed by atoms with Crippen molar-refractivity contribution in [3.05, 3.63) is 60.3 Å². The van der Waals surface area contributed by atoms with Crippen molar-refractivity contribution in [1.82, 2.24) is 9.97 Å². The molecule has 1 unspecified atom stereocenters. The van der Waals surface area contributed by atoms with Gasteiger partial charge in [-0.3, -0.25) is 9.59 Å². The number of carbonyl (C=O) groups is 2. The number of primary amides is 1. The van der Waals surface area contributed by atoms with Crippen LogP contribution in [0.25, 0.3) is 11.4 Å². The van der Waals surface area contributed by atoms with E-state index in [-0.39, 0.29) is 35.4 Å². The first-order valence-electron chi connectivity index (χ1n) is 9.32. The molecule has 0 saturated carbocycles. The molecule has 0 radical (unpaired) electrons. The van der Waals surface area contributed by atoms with Crippen LogP contribution in [0.15, 0.2) is 54.6 Å². The number of carbonyl (C=O) groups excluding carboxylic acids is 2. The van der Waals surface area contributed by atoms with Gasteiger partial charge in [0, 0.05) is 18.2 Å². The Kier molecular flexibility index (Phi) is 7.08. The summed E-state index contributed by atoms with van der Waals surface area (Å²) in [5.74, 6) is -0.504. The fourth-order valence-corrected chi connectivity index (χ4v) is 2.54. The molecule has 0 saturated heterocycles. The van der Waals surface area contributed by atoms with E-state index in [1.807, 2.05) is 0 Å². The largest absolute Gasteiger partial charge is 0.573 e. The van der Waals surface area contributed by atoms with Crippen molar-refractivity contribution in [2.45, 2.75) is 12.5 Å². The van der Waals surface area contributed by atoms with Gasteiger partial charge in [-0.2, -0.15) is 4.98 Å². The van der Waals surface area contributed by atoms with Crippen molar-refractivity contribution in [2.24, 2.45) is 11.5 Å². The number of halogens is 3. The van der Waals surface area contributed by atoms with Crippen molar-refractivity contribution in [2.75, 3.05) is 6.54 Å². The summed E-state index contributed by atoms with van der Waals surface area (Å²) in [7, 11) is 0. The van der Waals surface area contributed by atoms with E-state index in [2.05, 4.69) is 14.7 Å². The molecule has 12 heteroatoms. The Morgan fingerprint density at radius 2 is 1.58 bits per heavy atom. The van der Waals surface area contributed by atoms with E-state index in [1.165, 1.54) is 18.2 Å². The SMILES string of the molecule is NCC(C=O)Oc1cc(C(N)=O)nc(-c2ccc(Oc3ccc(OC(F)(F)F)cc3)cc2)n1. The van der Waals surface area contributed by atoms with Crippen LogP contribution in [0.1, 0.15) is 10.5 Å². The van der Waals surface area contributed by atoms with E-state index in [9.17, 15) is 22.8 Å². The molecule has 4 N–H and O–H groups in total. The van der Waals surface area contributed by atoms with Crippen molar-refractivity contribution < 1.29 is 37.0 Å². The van der Waals surface area contributed by atoms with Gasteiger partial charge in [0.25, 0.3) is 5.91 Å². The molecular formula is C21H17F3N4O5. The maximum Gasteiger partial charge on any atom is 0.573 e. The summed E-state index contributed by atoms with van der Waals surface area (Å²) in [5.41, 5.74) is 11.1. The molecule has 9 nitrogen and oxygen atoms in total. The molecule has 172 valence electrons. The van der Waals surface area contributed by atoms with Crippen molar-refractivity contribution in [3.63, 3.8) is 0 Å². The van der Waals surface area contributed by atoms with E-state index in [1.54, 1.807) is 24.3 Å². The maximum absolute atomic E-state index is 12.2. The van der Waals surface area contributed by atoms with Crippen LogP contribution in [-0.4, -0.2) is 41.2 Å². The molecule has 1 amide bonds. The van der Waals surface area contributed by atoms with Gasteiger partial charge < -0.3 is 25.7 Å². The number of ether oxygens (including phenoxy) is 3. The third-order valence-corrected chi connectivity index (χ3v) is 4.02. The lowest BCUT2D eigenvalue weighted by Crippen LogP contribution is -2.28. The Morgan fingerprint density at radius 1 is 1.00 bits per heavy atom. The zero-order valence-electron chi connectivity index (χ0n) is 16.8. The normalized spacial score (nSPS) is 12.0. The Labute approximate surface area is 185 Å². The van der Waals surface area contributed by atoms with Crippen LogP contribution in [0, 0.1) is 0 Å². The zero-order chi connectivity index (χ0) is 24.0. The molecule has 0 spiro atoms. The van der Waals surface area contributed by atoms with Gasteiger partial charge in [0.05, 0.1) is 0 Å². The summed E-state index contributed by atoms with van der Waals surface area (Å²) in [6.07, 6.45) is -5.24. The first-order valence-corrected chi connectivity index (χ1v) is 9.32. The van der Waals surface area contributed by atoms with Gasteiger partial charge in [0.15, 0.2) is 18.2 Å². The van der Waals surface area contributed by atoms with E-state index < -0.39 is 18.4 Å². The van der Waals surface area contributed by atoms with Crippen molar-refractivity contribution >= 4 is 12.2 Å². The molecule has 3 aromatic rings. The molecule has 0 aliphatic heterocycles. The molecule has 3 rings (SSSR count). The number of aromatic nitrogens is 2. The number of alkyl halides is 3. The summed E-state index contributed by atoms with van der Waals surface area (Å²) in [6.45, 7) is -0.0932. The lowest BCUT2D eigenvalue weighted by Gasteiger charge is -2.12. The molecule has 1 heterocycles. The van der Waals surface area contributed by atoms with Crippen molar-refractivity contribution in [1.29, 1.82) is 0 Å². The predicted molar refractivity (Wildman–Crippen MR) is 109 cm³/mol. The number of rotatable bonds is 9. The van der Waals surface area contributed by atoms with Gasteiger partial charge in [-0.15, -0.1) is 13.2 Å². The van der Waals surface area contributed by atoms with Gasteiger partial charge in [-0.1, -0.05) is 0 Å². The molecule has 0 aliphatic rings. The summed E-state index contributed by atoms with van der Waals surface area (Å²) >= 11 is 0. The van der Waals surface area contributed by atoms with Gasteiger partial charge >= 0.3 is 6.36 Å². The highest BCUT2D eigenvalue weighted by Gasteiger charge is 2.31. The van der Waals surface area contributed by atoms with Gasteiger partial charge in [0.1, 0.15) is 22.9 Å². The smallest absolute Gasteiger partial charge is 0.465 e. The summed E-state index contributed by atoms with van der Waals surface area (Å²) < 4.78 is 51.5. The first-order chi connectivity index (χ1) is 15.7. The summed E-state index contributed by atoms with van der Waals surface area (Å²) in [5, 5.41) is 0. The maximum atomic E-state index is 12.2.